The summed E-state index contributed by atoms with van der Waals surface area (Å²) in [5, 5.41) is 12.7. The van der Waals surface area contributed by atoms with Crippen LogP contribution in [-0.2, 0) is 4.79 Å². The van der Waals surface area contributed by atoms with E-state index in [0.29, 0.717) is 6.42 Å². The number of nitrogens with two attached hydrogens (primary N) is 1. The van der Waals surface area contributed by atoms with Gasteiger partial charge < -0.3 is 16.3 Å². The average molecular weight is 241 g/mol. The molecule has 0 spiro atoms. The number of halogens is 3. The van der Waals surface area contributed by atoms with Gasteiger partial charge in [-0.3, -0.25) is 4.79 Å². The van der Waals surface area contributed by atoms with Crippen molar-refractivity contribution in [3.8, 4) is 0 Å². The zero-order valence-electron chi connectivity index (χ0n) is 8.71. The van der Waals surface area contributed by atoms with Gasteiger partial charge in [-0.2, -0.15) is 13.2 Å². The maximum atomic E-state index is 11.8. The minimum Gasteiger partial charge on any atom is -0.409 e. The Labute approximate surface area is 90.5 Å². The minimum atomic E-state index is -4.47. The molecule has 1 amide bonds. The van der Waals surface area contributed by atoms with Crippen LogP contribution in [0.3, 0.4) is 0 Å². The van der Waals surface area contributed by atoms with Crippen molar-refractivity contribution in [2.24, 2.45) is 16.8 Å². The van der Waals surface area contributed by atoms with Crippen LogP contribution in [0, 0.1) is 5.92 Å². The highest BCUT2D eigenvalue weighted by molar-refractivity contribution is 6.02. The molecule has 0 aromatic heterocycles. The Balaban J connectivity index is 4.40. The van der Waals surface area contributed by atoms with E-state index in [1.807, 2.05) is 0 Å². The van der Waals surface area contributed by atoms with Gasteiger partial charge in [-0.05, 0) is 6.42 Å². The molecule has 94 valence electrons. The molecule has 0 aromatic carbocycles. The normalized spacial score (nSPS) is 14.6. The summed E-state index contributed by atoms with van der Waals surface area (Å²) in [5.74, 6) is -2.31. The predicted octanol–water partition coefficient (Wildman–Crippen LogP) is 0.828. The standard InChI is InChI=1S/C8H14F3N3O2/c1-2-3-5(6(12)14-16)7(15)13-4-8(9,10)11/h5,16H,2-4H2,1H3,(H2,12,14)(H,13,15). The number of nitrogens with zero attached hydrogens (tertiary/aromatic N) is 1. The fourth-order valence-corrected chi connectivity index (χ4v) is 1.08. The number of hydrogen-bond acceptors (Lipinski definition) is 3. The van der Waals surface area contributed by atoms with Gasteiger partial charge in [-0.25, -0.2) is 0 Å². The first-order chi connectivity index (χ1) is 7.31. The Morgan fingerprint density at radius 2 is 2.12 bits per heavy atom. The summed E-state index contributed by atoms with van der Waals surface area (Å²) < 4.78 is 35.5. The van der Waals surface area contributed by atoms with Gasteiger partial charge in [0.15, 0.2) is 5.84 Å². The number of amides is 1. The zero-order valence-corrected chi connectivity index (χ0v) is 8.71. The van der Waals surface area contributed by atoms with Crippen molar-refractivity contribution in [1.82, 2.24) is 5.32 Å². The van der Waals surface area contributed by atoms with Gasteiger partial charge in [-0.1, -0.05) is 18.5 Å². The van der Waals surface area contributed by atoms with Gasteiger partial charge >= 0.3 is 6.18 Å². The lowest BCUT2D eigenvalue weighted by Crippen LogP contribution is -2.42. The van der Waals surface area contributed by atoms with Crippen LogP contribution in [0.2, 0.25) is 0 Å². The van der Waals surface area contributed by atoms with Crippen molar-refractivity contribution >= 4 is 11.7 Å². The van der Waals surface area contributed by atoms with Crippen molar-refractivity contribution in [2.75, 3.05) is 6.54 Å². The molecule has 0 bridgehead atoms. The topological polar surface area (TPSA) is 87.7 Å². The molecular weight excluding hydrogens is 227 g/mol. The van der Waals surface area contributed by atoms with Gasteiger partial charge in [0.25, 0.3) is 0 Å². The third kappa shape index (κ3) is 5.42. The van der Waals surface area contributed by atoms with E-state index in [1.54, 1.807) is 12.2 Å². The van der Waals surface area contributed by atoms with E-state index in [1.165, 1.54) is 0 Å². The molecule has 0 aliphatic carbocycles. The Morgan fingerprint density at radius 1 is 1.56 bits per heavy atom. The number of rotatable bonds is 5. The Hall–Kier alpha value is -1.47. The van der Waals surface area contributed by atoms with E-state index < -0.39 is 24.5 Å². The summed E-state index contributed by atoms with van der Waals surface area (Å²) in [6, 6.07) is 0. The third-order valence-electron chi connectivity index (χ3n) is 1.83. The molecule has 0 aliphatic rings. The highest BCUT2D eigenvalue weighted by atomic mass is 19.4. The van der Waals surface area contributed by atoms with E-state index >= 15 is 0 Å². The Morgan fingerprint density at radius 3 is 2.50 bits per heavy atom. The van der Waals surface area contributed by atoms with Crippen molar-refractivity contribution in [1.29, 1.82) is 0 Å². The lowest BCUT2D eigenvalue weighted by atomic mass is 10.0. The quantitative estimate of drug-likeness (QED) is 0.288. The molecule has 0 saturated carbocycles. The fourth-order valence-electron chi connectivity index (χ4n) is 1.08. The lowest BCUT2D eigenvalue weighted by molar-refractivity contribution is -0.139. The van der Waals surface area contributed by atoms with Crippen LogP contribution in [0.5, 0.6) is 0 Å². The summed E-state index contributed by atoms with van der Waals surface area (Å²) >= 11 is 0. The summed E-state index contributed by atoms with van der Waals surface area (Å²) in [7, 11) is 0. The zero-order chi connectivity index (χ0) is 12.8. The molecule has 1 unspecified atom stereocenters. The largest absolute Gasteiger partial charge is 0.409 e. The highest BCUT2D eigenvalue weighted by Gasteiger charge is 2.30. The monoisotopic (exact) mass is 241 g/mol. The van der Waals surface area contributed by atoms with Gasteiger partial charge in [-0.15, -0.1) is 0 Å². The van der Waals surface area contributed by atoms with Gasteiger partial charge in [0, 0.05) is 0 Å². The molecule has 0 saturated heterocycles. The SMILES string of the molecule is CCCC(C(=O)NCC(F)(F)F)C(N)=NO. The smallest absolute Gasteiger partial charge is 0.405 e. The second kappa shape index (κ2) is 6.19. The maximum absolute atomic E-state index is 11.8. The van der Waals surface area contributed by atoms with Crippen molar-refractivity contribution in [2.45, 2.75) is 25.9 Å². The van der Waals surface area contributed by atoms with Crippen LogP contribution in [0.15, 0.2) is 5.16 Å². The number of amidine groups is 1. The molecule has 0 heterocycles. The lowest BCUT2D eigenvalue weighted by Gasteiger charge is -2.15. The molecular formula is C8H14F3N3O2. The van der Waals surface area contributed by atoms with Gasteiger partial charge in [0.05, 0.1) is 5.92 Å². The van der Waals surface area contributed by atoms with Crippen LogP contribution in [0.4, 0.5) is 13.2 Å². The first-order valence-corrected chi connectivity index (χ1v) is 4.63. The molecule has 1 atom stereocenters. The first kappa shape index (κ1) is 14.5. The van der Waals surface area contributed by atoms with Gasteiger partial charge in [0.2, 0.25) is 5.91 Å². The summed E-state index contributed by atoms with van der Waals surface area (Å²) in [6.07, 6.45) is -3.72. The summed E-state index contributed by atoms with van der Waals surface area (Å²) in [5.41, 5.74) is 5.20. The van der Waals surface area contributed by atoms with E-state index in [2.05, 4.69) is 5.16 Å². The Kier molecular flexibility index (Phi) is 5.62. The maximum Gasteiger partial charge on any atom is 0.405 e. The van der Waals surface area contributed by atoms with Crippen LogP contribution in [0.1, 0.15) is 19.8 Å². The molecule has 8 heteroatoms. The van der Waals surface area contributed by atoms with Crippen LogP contribution >= 0.6 is 0 Å². The average Bonchev–Trinajstić information content (AvgIpc) is 2.20. The predicted molar refractivity (Wildman–Crippen MR) is 50.9 cm³/mol. The van der Waals surface area contributed by atoms with E-state index in [-0.39, 0.29) is 12.3 Å². The number of carbonyl (C=O) groups is 1. The van der Waals surface area contributed by atoms with Crippen molar-refractivity contribution < 1.29 is 23.2 Å². The number of alkyl halides is 3. The second-order valence-corrected chi connectivity index (χ2v) is 3.20. The highest BCUT2D eigenvalue weighted by Crippen LogP contribution is 2.13. The molecule has 5 nitrogen and oxygen atoms in total. The second-order valence-electron chi connectivity index (χ2n) is 3.20. The number of hydrogen-bond donors (Lipinski definition) is 3. The molecule has 0 fully saturated rings. The fraction of sp³-hybridized carbons (Fsp3) is 0.750. The van der Waals surface area contributed by atoms with Crippen LogP contribution in [-0.4, -0.2) is 29.7 Å². The molecule has 16 heavy (non-hydrogen) atoms. The van der Waals surface area contributed by atoms with E-state index in [0.717, 1.165) is 0 Å². The summed E-state index contributed by atoms with van der Waals surface area (Å²) in [6.45, 7) is 0.305. The van der Waals surface area contributed by atoms with E-state index in [4.69, 9.17) is 10.9 Å². The van der Waals surface area contributed by atoms with Crippen LogP contribution < -0.4 is 11.1 Å². The van der Waals surface area contributed by atoms with Crippen LogP contribution in [0.25, 0.3) is 0 Å². The first-order valence-electron chi connectivity index (χ1n) is 4.63. The minimum absolute atomic E-state index is 0.222. The molecule has 0 rings (SSSR count). The van der Waals surface area contributed by atoms with E-state index in [9.17, 15) is 18.0 Å². The molecule has 0 aliphatic heterocycles. The number of carbonyl (C=O) groups excluding carboxylic acids is 1. The third-order valence-corrected chi connectivity index (χ3v) is 1.83. The number of nitrogens with one attached hydrogen (secondary N) is 1. The molecule has 0 aromatic rings. The van der Waals surface area contributed by atoms with Crippen molar-refractivity contribution in [3.05, 3.63) is 0 Å². The number of oxime groups is 1. The Bertz CT molecular complexity index is 266. The van der Waals surface area contributed by atoms with Crippen molar-refractivity contribution in [3.63, 3.8) is 0 Å². The van der Waals surface area contributed by atoms with Gasteiger partial charge in [0.1, 0.15) is 6.54 Å². The molecule has 0 radical (unpaired) electrons. The molecule has 4 N–H and O–H groups in total. The summed E-state index contributed by atoms with van der Waals surface area (Å²) in [4.78, 5) is 11.3.